The zero-order chi connectivity index (χ0) is 21.3. The molecule has 30 heavy (non-hydrogen) atoms. The molecule has 0 spiro atoms. The lowest BCUT2D eigenvalue weighted by Gasteiger charge is -2.11. The van der Waals surface area contributed by atoms with Crippen LogP contribution in [0.5, 0.6) is 11.5 Å². The number of hydrogen-bond donors (Lipinski definition) is 1. The SMILES string of the molecule is COc1cc(C=Nn2c(-c3ccccc3)nc3ccccc3c2=O)c(Br)c(Cl)c1O. The first kappa shape index (κ1) is 20.1. The summed E-state index contributed by atoms with van der Waals surface area (Å²) in [4.78, 5) is 17.8. The van der Waals surface area contributed by atoms with E-state index in [4.69, 9.17) is 16.3 Å². The van der Waals surface area contributed by atoms with Gasteiger partial charge in [-0.25, -0.2) is 4.98 Å². The predicted molar refractivity (Wildman–Crippen MR) is 122 cm³/mol. The largest absolute Gasteiger partial charge is 0.503 e. The van der Waals surface area contributed by atoms with Gasteiger partial charge in [0, 0.05) is 15.6 Å². The molecular formula is C22H15BrClN3O3. The van der Waals surface area contributed by atoms with Gasteiger partial charge >= 0.3 is 0 Å². The number of methoxy groups -OCH3 is 1. The van der Waals surface area contributed by atoms with Crippen molar-refractivity contribution in [3.63, 3.8) is 0 Å². The maximum Gasteiger partial charge on any atom is 0.282 e. The Hall–Kier alpha value is -3.16. The number of aromatic nitrogens is 2. The summed E-state index contributed by atoms with van der Waals surface area (Å²) in [5, 5.41) is 15.0. The van der Waals surface area contributed by atoms with Gasteiger partial charge in [0.05, 0.1) is 24.2 Å². The number of aromatic hydroxyl groups is 1. The molecule has 1 N–H and O–H groups in total. The Kier molecular flexibility index (Phi) is 5.57. The van der Waals surface area contributed by atoms with E-state index < -0.39 is 0 Å². The van der Waals surface area contributed by atoms with Gasteiger partial charge < -0.3 is 9.84 Å². The summed E-state index contributed by atoms with van der Waals surface area (Å²) in [5.41, 5.74) is 1.55. The highest BCUT2D eigenvalue weighted by atomic mass is 79.9. The summed E-state index contributed by atoms with van der Waals surface area (Å²) in [7, 11) is 1.42. The van der Waals surface area contributed by atoms with E-state index in [1.54, 1.807) is 24.3 Å². The minimum Gasteiger partial charge on any atom is -0.503 e. The quantitative estimate of drug-likeness (QED) is 0.410. The van der Waals surface area contributed by atoms with Crippen molar-refractivity contribution in [3.8, 4) is 22.9 Å². The molecule has 0 fully saturated rings. The summed E-state index contributed by atoms with van der Waals surface area (Å²) < 4.78 is 6.82. The third-order valence-electron chi connectivity index (χ3n) is 4.49. The zero-order valence-corrected chi connectivity index (χ0v) is 18.1. The van der Waals surface area contributed by atoms with E-state index in [0.29, 0.717) is 26.8 Å². The van der Waals surface area contributed by atoms with Gasteiger partial charge in [-0.3, -0.25) is 4.79 Å². The molecular weight excluding hydrogens is 470 g/mol. The molecule has 3 aromatic carbocycles. The number of benzene rings is 3. The van der Waals surface area contributed by atoms with E-state index in [1.807, 2.05) is 36.4 Å². The Bertz CT molecular complexity index is 1340. The lowest BCUT2D eigenvalue weighted by molar-refractivity contribution is 0.373. The van der Waals surface area contributed by atoms with Crippen LogP contribution < -0.4 is 10.3 Å². The number of fused-ring (bicyclic) bond motifs is 1. The van der Waals surface area contributed by atoms with E-state index >= 15 is 0 Å². The predicted octanol–water partition coefficient (Wildman–Crippen LogP) is 5.08. The fourth-order valence-corrected chi connectivity index (χ4v) is 3.59. The molecule has 8 heteroatoms. The van der Waals surface area contributed by atoms with E-state index in [9.17, 15) is 9.90 Å². The lowest BCUT2D eigenvalue weighted by Crippen LogP contribution is -2.20. The second-order valence-electron chi connectivity index (χ2n) is 6.32. The van der Waals surface area contributed by atoms with Crippen LogP contribution in [0.3, 0.4) is 0 Å². The van der Waals surface area contributed by atoms with Gasteiger partial charge in [0.15, 0.2) is 17.3 Å². The maximum atomic E-state index is 13.2. The summed E-state index contributed by atoms with van der Waals surface area (Å²) >= 11 is 9.51. The molecule has 0 amide bonds. The van der Waals surface area contributed by atoms with Gasteiger partial charge in [0.25, 0.3) is 5.56 Å². The number of phenolic OH excluding ortho intramolecular Hbond substituents is 1. The normalized spacial score (nSPS) is 11.3. The van der Waals surface area contributed by atoms with Gasteiger partial charge in [-0.1, -0.05) is 54.1 Å². The summed E-state index contributed by atoms with van der Waals surface area (Å²) in [6.45, 7) is 0. The molecule has 1 heterocycles. The molecule has 0 aliphatic rings. The van der Waals surface area contributed by atoms with Gasteiger partial charge in [-0.2, -0.15) is 9.78 Å². The topological polar surface area (TPSA) is 76.7 Å². The molecule has 0 aliphatic heterocycles. The summed E-state index contributed by atoms with van der Waals surface area (Å²) in [6.07, 6.45) is 1.46. The summed E-state index contributed by atoms with van der Waals surface area (Å²) in [5.74, 6) is 0.415. The molecule has 0 radical (unpaired) electrons. The molecule has 0 atom stereocenters. The molecule has 6 nitrogen and oxygen atoms in total. The van der Waals surface area contributed by atoms with Crippen LogP contribution in [0, 0.1) is 0 Å². The van der Waals surface area contributed by atoms with Crippen LogP contribution in [-0.2, 0) is 0 Å². The monoisotopic (exact) mass is 483 g/mol. The van der Waals surface area contributed by atoms with Crippen LogP contribution >= 0.6 is 27.5 Å². The first-order valence-electron chi connectivity index (χ1n) is 8.87. The standard InChI is InChI=1S/C22H15BrClN3O3/c1-30-17-11-14(18(23)19(24)20(17)28)12-25-27-21(13-7-3-2-4-8-13)26-16-10-6-5-9-15(16)22(27)29/h2-12,28H,1H3. The maximum absolute atomic E-state index is 13.2. The van der Waals surface area contributed by atoms with Crippen LogP contribution in [-0.4, -0.2) is 28.1 Å². The average Bonchev–Trinajstić information content (AvgIpc) is 2.78. The highest BCUT2D eigenvalue weighted by molar-refractivity contribution is 9.10. The van der Waals surface area contributed by atoms with Gasteiger partial charge in [-0.05, 0) is 34.1 Å². The molecule has 4 aromatic rings. The van der Waals surface area contributed by atoms with Gasteiger partial charge in [0.2, 0.25) is 0 Å². The van der Waals surface area contributed by atoms with Crippen molar-refractivity contribution in [2.45, 2.75) is 0 Å². The minimum absolute atomic E-state index is 0.0862. The average molecular weight is 485 g/mol. The second-order valence-corrected chi connectivity index (χ2v) is 7.50. The third kappa shape index (κ3) is 3.58. The van der Waals surface area contributed by atoms with Crippen LogP contribution in [0.4, 0.5) is 0 Å². The smallest absolute Gasteiger partial charge is 0.282 e. The number of halogens is 2. The fourth-order valence-electron chi connectivity index (χ4n) is 2.99. The highest BCUT2D eigenvalue weighted by Gasteiger charge is 2.15. The Morgan fingerprint density at radius 3 is 2.60 bits per heavy atom. The fraction of sp³-hybridized carbons (Fsp3) is 0.0455. The molecule has 150 valence electrons. The Balaban J connectivity index is 1.94. The van der Waals surface area contributed by atoms with Crippen LogP contribution in [0.25, 0.3) is 22.3 Å². The van der Waals surface area contributed by atoms with Crippen molar-refractivity contribution in [1.29, 1.82) is 0 Å². The second kappa shape index (κ2) is 8.30. The first-order chi connectivity index (χ1) is 14.5. The lowest BCUT2D eigenvalue weighted by atomic mass is 10.2. The van der Waals surface area contributed by atoms with E-state index in [0.717, 1.165) is 5.56 Å². The Morgan fingerprint density at radius 2 is 1.87 bits per heavy atom. The molecule has 0 aliphatic carbocycles. The Labute approximate surface area is 185 Å². The molecule has 1 aromatic heterocycles. The van der Waals surface area contributed by atoms with Crippen molar-refractivity contribution in [2.24, 2.45) is 5.10 Å². The molecule has 0 bridgehead atoms. The van der Waals surface area contributed by atoms with Crippen molar-refractivity contribution < 1.29 is 9.84 Å². The third-order valence-corrected chi connectivity index (χ3v) is 5.94. The Morgan fingerprint density at radius 1 is 1.17 bits per heavy atom. The van der Waals surface area contributed by atoms with E-state index in [-0.39, 0.29) is 22.1 Å². The molecule has 0 saturated heterocycles. The van der Waals surface area contributed by atoms with Crippen molar-refractivity contribution in [3.05, 3.63) is 86.1 Å². The number of phenols is 1. The molecule has 4 rings (SSSR count). The highest BCUT2D eigenvalue weighted by Crippen LogP contribution is 2.40. The molecule has 0 unspecified atom stereocenters. The number of rotatable bonds is 4. The zero-order valence-electron chi connectivity index (χ0n) is 15.7. The van der Waals surface area contributed by atoms with E-state index in [2.05, 4.69) is 26.0 Å². The van der Waals surface area contributed by atoms with Gasteiger partial charge in [-0.15, -0.1) is 0 Å². The van der Waals surface area contributed by atoms with E-state index in [1.165, 1.54) is 18.0 Å². The van der Waals surface area contributed by atoms with Crippen LogP contribution in [0.1, 0.15) is 5.56 Å². The van der Waals surface area contributed by atoms with Gasteiger partial charge in [0.1, 0.15) is 5.02 Å². The summed E-state index contributed by atoms with van der Waals surface area (Å²) in [6, 6.07) is 18.0. The van der Waals surface area contributed by atoms with Crippen molar-refractivity contribution >= 4 is 44.6 Å². The molecule has 0 saturated carbocycles. The first-order valence-corrected chi connectivity index (χ1v) is 10.0. The van der Waals surface area contributed by atoms with Crippen molar-refractivity contribution in [1.82, 2.24) is 9.66 Å². The number of ether oxygens (including phenoxy) is 1. The number of nitrogens with zero attached hydrogens (tertiary/aromatic N) is 3. The number of hydrogen-bond acceptors (Lipinski definition) is 5. The minimum atomic E-state index is -0.302. The number of para-hydroxylation sites is 1. The van der Waals surface area contributed by atoms with Crippen LogP contribution in [0.2, 0.25) is 5.02 Å². The van der Waals surface area contributed by atoms with Crippen LogP contribution in [0.15, 0.2) is 75.0 Å². The van der Waals surface area contributed by atoms with Crippen molar-refractivity contribution in [2.75, 3.05) is 7.11 Å².